The Kier molecular flexibility index (Phi) is 4.88. The molecule has 0 saturated heterocycles. The summed E-state index contributed by atoms with van der Waals surface area (Å²) < 4.78 is 26.1. The van der Waals surface area contributed by atoms with Crippen LogP contribution in [0.25, 0.3) is 5.69 Å². The number of aromatic nitrogens is 3. The molecule has 2 aromatic rings. The van der Waals surface area contributed by atoms with Crippen LogP contribution in [0.2, 0.25) is 0 Å². The molecule has 118 valence electrons. The summed E-state index contributed by atoms with van der Waals surface area (Å²) in [6.07, 6.45) is 2.98. The summed E-state index contributed by atoms with van der Waals surface area (Å²) in [6, 6.07) is 6.95. The monoisotopic (exact) mass is 323 g/mol. The van der Waals surface area contributed by atoms with Gasteiger partial charge in [-0.05, 0) is 12.1 Å². The smallest absolute Gasteiger partial charge is 0.253 e. The van der Waals surface area contributed by atoms with Crippen LogP contribution < -0.4 is 5.32 Å². The molecule has 9 heteroatoms. The summed E-state index contributed by atoms with van der Waals surface area (Å²) in [5.74, 6) is -0.501. The van der Waals surface area contributed by atoms with Gasteiger partial charge in [-0.25, -0.2) is 12.7 Å². The van der Waals surface area contributed by atoms with E-state index in [2.05, 4.69) is 15.5 Å². The van der Waals surface area contributed by atoms with Gasteiger partial charge in [-0.3, -0.25) is 9.36 Å². The number of para-hydroxylation sites is 1. The molecule has 1 N–H and O–H groups in total. The first-order chi connectivity index (χ1) is 10.4. The molecule has 0 bridgehead atoms. The van der Waals surface area contributed by atoms with Gasteiger partial charge in [-0.1, -0.05) is 12.1 Å². The molecule has 1 heterocycles. The van der Waals surface area contributed by atoms with E-state index >= 15 is 0 Å². The van der Waals surface area contributed by atoms with Crippen molar-refractivity contribution in [2.24, 2.45) is 0 Å². The molecule has 0 aliphatic carbocycles. The number of hydrogen-bond acceptors (Lipinski definition) is 5. The van der Waals surface area contributed by atoms with Gasteiger partial charge in [0.2, 0.25) is 10.0 Å². The van der Waals surface area contributed by atoms with Gasteiger partial charge in [0.1, 0.15) is 12.7 Å². The van der Waals surface area contributed by atoms with Gasteiger partial charge in [0.25, 0.3) is 5.91 Å². The molecule has 2 rings (SSSR count). The molecule has 0 aliphatic heterocycles. The highest BCUT2D eigenvalue weighted by molar-refractivity contribution is 7.89. The molecule has 0 unspecified atom stereocenters. The van der Waals surface area contributed by atoms with Crippen molar-refractivity contribution in [3.63, 3.8) is 0 Å². The Morgan fingerprint density at radius 1 is 1.23 bits per heavy atom. The molecule has 0 atom stereocenters. The summed E-state index contributed by atoms with van der Waals surface area (Å²) in [7, 11) is -0.422. The predicted octanol–water partition coefficient (Wildman–Crippen LogP) is -0.111. The van der Waals surface area contributed by atoms with Gasteiger partial charge < -0.3 is 5.32 Å². The minimum atomic E-state index is -3.34. The third-order valence-electron chi connectivity index (χ3n) is 3.05. The Morgan fingerprint density at radius 3 is 2.50 bits per heavy atom. The van der Waals surface area contributed by atoms with Gasteiger partial charge in [-0.15, -0.1) is 10.2 Å². The van der Waals surface area contributed by atoms with Crippen LogP contribution in [-0.4, -0.2) is 59.8 Å². The number of benzene rings is 1. The molecule has 1 amide bonds. The lowest BCUT2D eigenvalue weighted by molar-refractivity contribution is 0.0956. The van der Waals surface area contributed by atoms with Crippen molar-refractivity contribution in [2.45, 2.75) is 0 Å². The van der Waals surface area contributed by atoms with Crippen molar-refractivity contribution in [1.82, 2.24) is 24.4 Å². The molecule has 0 radical (unpaired) electrons. The fourth-order valence-electron chi connectivity index (χ4n) is 1.79. The minimum Gasteiger partial charge on any atom is -0.351 e. The molecule has 0 spiro atoms. The number of rotatable bonds is 6. The van der Waals surface area contributed by atoms with Crippen molar-refractivity contribution in [3.05, 3.63) is 42.5 Å². The van der Waals surface area contributed by atoms with Crippen molar-refractivity contribution in [2.75, 3.05) is 26.4 Å². The largest absolute Gasteiger partial charge is 0.351 e. The van der Waals surface area contributed by atoms with Crippen molar-refractivity contribution in [3.8, 4) is 5.69 Å². The summed E-state index contributed by atoms with van der Waals surface area (Å²) in [5.41, 5.74) is 1.05. The first-order valence-corrected chi connectivity index (χ1v) is 8.15. The average molecular weight is 323 g/mol. The van der Waals surface area contributed by atoms with E-state index in [-0.39, 0.29) is 18.2 Å². The summed E-state index contributed by atoms with van der Waals surface area (Å²) in [6.45, 7) is 0.0376. The molecule has 0 saturated carbocycles. The Balaban J connectivity index is 2.08. The maximum atomic E-state index is 12.2. The van der Waals surface area contributed by atoms with Crippen LogP contribution in [0.4, 0.5) is 0 Å². The number of carbonyl (C=O) groups excluding carboxylic acids is 1. The fraction of sp³-hybridized carbons (Fsp3) is 0.308. The molecule has 8 nitrogen and oxygen atoms in total. The first kappa shape index (κ1) is 16.1. The van der Waals surface area contributed by atoms with Gasteiger partial charge in [0.15, 0.2) is 0 Å². The van der Waals surface area contributed by atoms with Gasteiger partial charge in [-0.2, -0.15) is 0 Å². The van der Waals surface area contributed by atoms with Gasteiger partial charge in [0, 0.05) is 20.6 Å². The van der Waals surface area contributed by atoms with Crippen LogP contribution in [0.3, 0.4) is 0 Å². The molecular formula is C13H17N5O3S. The number of nitrogens with zero attached hydrogens (tertiary/aromatic N) is 4. The standard InChI is InChI=1S/C13H17N5O3S/c1-17(2)22(20,21)8-7-14-13(19)11-5-3-4-6-12(11)18-9-15-16-10-18/h3-6,9-10H,7-8H2,1-2H3,(H,14,19). The summed E-state index contributed by atoms with van der Waals surface area (Å²) in [5, 5.41) is 10.0. The van der Waals surface area contributed by atoms with Gasteiger partial charge in [0.05, 0.1) is 17.0 Å². The third kappa shape index (κ3) is 3.68. The van der Waals surface area contributed by atoms with Crippen molar-refractivity contribution < 1.29 is 13.2 Å². The number of sulfonamides is 1. The van der Waals surface area contributed by atoms with Crippen LogP contribution in [-0.2, 0) is 10.0 Å². The zero-order chi connectivity index (χ0) is 16.2. The fourth-order valence-corrected chi connectivity index (χ4v) is 2.51. The Morgan fingerprint density at radius 2 is 1.86 bits per heavy atom. The maximum Gasteiger partial charge on any atom is 0.253 e. The molecule has 1 aromatic heterocycles. The second kappa shape index (κ2) is 6.67. The van der Waals surface area contributed by atoms with Gasteiger partial charge >= 0.3 is 0 Å². The van der Waals surface area contributed by atoms with Crippen LogP contribution in [0.15, 0.2) is 36.9 Å². The van der Waals surface area contributed by atoms with Crippen molar-refractivity contribution >= 4 is 15.9 Å². The topological polar surface area (TPSA) is 97.2 Å². The van der Waals surface area contributed by atoms with Crippen LogP contribution in [0, 0.1) is 0 Å². The summed E-state index contributed by atoms with van der Waals surface area (Å²) >= 11 is 0. The highest BCUT2D eigenvalue weighted by Crippen LogP contribution is 2.13. The molecule has 0 aliphatic rings. The molecule has 22 heavy (non-hydrogen) atoms. The van der Waals surface area contributed by atoms with E-state index in [9.17, 15) is 13.2 Å². The first-order valence-electron chi connectivity index (χ1n) is 6.54. The Bertz CT molecular complexity index is 741. The van der Waals surface area contributed by atoms with E-state index in [1.54, 1.807) is 28.8 Å². The molecule has 0 fully saturated rings. The lowest BCUT2D eigenvalue weighted by Crippen LogP contribution is -2.34. The van der Waals surface area contributed by atoms with Crippen molar-refractivity contribution in [1.29, 1.82) is 0 Å². The predicted molar refractivity (Wildman–Crippen MR) is 81.2 cm³/mol. The van der Waals surface area contributed by atoms with E-state index in [1.807, 2.05) is 0 Å². The minimum absolute atomic E-state index is 0.0376. The Hall–Kier alpha value is -2.26. The number of hydrogen-bond donors (Lipinski definition) is 1. The van der Waals surface area contributed by atoms with Crippen LogP contribution >= 0.6 is 0 Å². The zero-order valence-electron chi connectivity index (χ0n) is 12.3. The molecular weight excluding hydrogens is 306 g/mol. The summed E-state index contributed by atoms with van der Waals surface area (Å²) in [4.78, 5) is 12.2. The number of amides is 1. The van der Waals surface area contributed by atoms with E-state index in [0.717, 1.165) is 4.31 Å². The quantitative estimate of drug-likeness (QED) is 0.800. The Labute approximate surface area is 128 Å². The van der Waals surface area contributed by atoms with E-state index in [0.29, 0.717) is 11.3 Å². The number of carbonyl (C=O) groups is 1. The van der Waals surface area contributed by atoms with Crippen LogP contribution in [0.5, 0.6) is 0 Å². The maximum absolute atomic E-state index is 12.2. The zero-order valence-corrected chi connectivity index (χ0v) is 13.1. The normalized spacial score (nSPS) is 11.6. The van der Waals surface area contributed by atoms with E-state index in [4.69, 9.17) is 0 Å². The molecule has 1 aromatic carbocycles. The lowest BCUT2D eigenvalue weighted by Gasteiger charge is -2.13. The SMILES string of the molecule is CN(C)S(=O)(=O)CCNC(=O)c1ccccc1-n1cnnc1. The lowest BCUT2D eigenvalue weighted by atomic mass is 10.1. The second-order valence-corrected chi connectivity index (χ2v) is 7.04. The van der Waals surface area contributed by atoms with E-state index < -0.39 is 10.0 Å². The highest BCUT2D eigenvalue weighted by Gasteiger charge is 2.16. The number of nitrogens with one attached hydrogen (secondary N) is 1. The van der Waals surface area contributed by atoms with E-state index in [1.165, 1.54) is 26.7 Å². The average Bonchev–Trinajstić information content (AvgIpc) is 3.01. The second-order valence-electron chi connectivity index (χ2n) is 4.74. The van der Waals surface area contributed by atoms with Crippen LogP contribution in [0.1, 0.15) is 10.4 Å². The highest BCUT2D eigenvalue weighted by atomic mass is 32.2. The third-order valence-corrected chi connectivity index (χ3v) is 4.88.